The van der Waals surface area contributed by atoms with Gasteiger partial charge in [0.25, 0.3) is 0 Å². The summed E-state index contributed by atoms with van der Waals surface area (Å²) in [5.41, 5.74) is 1.29. The number of fused-ring (bicyclic) bond motifs is 6. The number of alkyl halides is 1. The van der Waals surface area contributed by atoms with Crippen LogP contribution >= 0.6 is 15.9 Å². The van der Waals surface area contributed by atoms with Crippen molar-refractivity contribution in [3.8, 4) is 0 Å². The van der Waals surface area contributed by atoms with Gasteiger partial charge in [-0.25, -0.2) is 0 Å². The Morgan fingerprint density at radius 1 is 0.528 bits per heavy atom. The standard InChI is InChI=1S/C28H37NO4.C16H16BrN.C12H22O4.4CH4.Na/c1-5-6-17-28(4,25(30)31)20-27(2,3)26(32)33-19-12-11-18-29-23-15-9-7-13-21(23)22-14-8-10-16-24(22)29;17-11-5-6-12-18-15-9-3-1-7-13(15)14-8-2-4-10-16(14)18;1-5-6-7-12(4,10(15)16)8-11(2,3)9(13)14;;;;;/h7-10,13-16H,5-6,11-12,17-20H2,1-4H3,(H,30,31);1-4,7-10H,5-6,11-12H2;5-8H2,1-4H3,(H,13,14)(H,15,16);4*1H4;/q;;;;;;;+1/p-1. The number of carboxylic acid groups (broad SMARTS) is 3. The van der Waals surface area contributed by atoms with Gasteiger partial charge in [0.05, 0.1) is 22.9 Å². The summed E-state index contributed by atoms with van der Waals surface area (Å²) in [6, 6.07) is 34.3. The number of carbonyl (C=O) groups is 4. The predicted octanol–water partition coefficient (Wildman–Crippen LogP) is 12.8. The van der Waals surface area contributed by atoms with Crippen LogP contribution < -0.4 is 34.7 Å². The Labute approximate surface area is 464 Å². The van der Waals surface area contributed by atoms with Crippen molar-refractivity contribution in [1.82, 2.24) is 9.13 Å². The number of aliphatic carboxylic acids is 3. The quantitative estimate of drug-likeness (QED) is 0.0279. The largest absolute Gasteiger partial charge is 1.00 e. The molecule has 0 aliphatic rings. The minimum absolute atomic E-state index is 0. The molecule has 0 bridgehead atoms. The van der Waals surface area contributed by atoms with Crippen LogP contribution in [0.2, 0.25) is 0 Å². The van der Waals surface area contributed by atoms with Gasteiger partial charge in [-0.1, -0.05) is 172 Å². The van der Waals surface area contributed by atoms with Crippen LogP contribution in [0.3, 0.4) is 0 Å². The van der Waals surface area contributed by atoms with Crippen molar-refractivity contribution in [3.05, 3.63) is 97.1 Å². The summed E-state index contributed by atoms with van der Waals surface area (Å²) < 4.78 is 10.4. The third kappa shape index (κ3) is 18.3. The fourth-order valence-electron chi connectivity index (χ4n) is 9.36. The Bertz CT molecular complexity index is 2470. The summed E-state index contributed by atoms with van der Waals surface area (Å²) in [6.07, 6.45) is 8.96. The summed E-state index contributed by atoms with van der Waals surface area (Å²) in [7, 11) is 0. The molecule has 396 valence electrons. The average Bonchev–Trinajstić information content (AvgIpc) is 3.79. The number of esters is 1. The van der Waals surface area contributed by atoms with E-state index in [1.165, 1.54) is 70.3 Å². The molecule has 6 aromatic rings. The molecule has 2 aromatic heterocycles. The molecule has 10 nitrogen and oxygen atoms in total. The zero-order chi connectivity index (χ0) is 49.4. The van der Waals surface area contributed by atoms with Crippen molar-refractivity contribution in [2.75, 3.05) is 11.9 Å². The molecule has 2 unspecified atom stereocenters. The van der Waals surface area contributed by atoms with E-state index < -0.39 is 39.6 Å². The number of halogens is 1. The summed E-state index contributed by atoms with van der Waals surface area (Å²) in [5, 5.41) is 36.2. The Morgan fingerprint density at radius 3 is 1.15 bits per heavy atom. The second kappa shape index (κ2) is 32.2. The molecule has 0 aliphatic heterocycles. The van der Waals surface area contributed by atoms with Crippen molar-refractivity contribution in [1.29, 1.82) is 0 Å². The molecule has 2 N–H and O–H groups in total. The SMILES string of the molecule is BrCCCCn1c2ccccc2c2ccccc21.C.C.C.C.CCCCC(C)(CC(C)(C)C(=O)OCCCCn1c2ccccc2c2ccccc21)C(=O)O.CCCCC(C)(CC(C)(C)C(=O)[O-])C(=O)O.[Na+]. The first-order valence-electron chi connectivity index (χ1n) is 24.1. The van der Waals surface area contributed by atoms with Crippen LogP contribution in [-0.4, -0.2) is 55.2 Å². The molecule has 0 amide bonds. The maximum atomic E-state index is 12.8. The second-order valence-corrected chi connectivity index (χ2v) is 20.8. The normalized spacial score (nSPS) is 12.6. The van der Waals surface area contributed by atoms with E-state index in [0.29, 0.717) is 19.4 Å². The topological polar surface area (TPSA) is 151 Å². The van der Waals surface area contributed by atoms with E-state index in [9.17, 15) is 34.5 Å². The van der Waals surface area contributed by atoms with E-state index in [2.05, 4.69) is 122 Å². The fraction of sp³-hybridized carbons (Fsp3) is 0.533. The number of carbonyl (C=O) groups excluding carboxylic acids is 2. The van der Waals surface area contributed by atoms with Crippen LogP contribution in [0.25, 0.3) is 43.6 Å². The molecule has 2 heterocycles. The van der Waals surface area contributed by atoms with E-state index in [1.54, 1.807) is 27.7 Å². The molecule has 6 rings (SSSR count). The first-order chi connectivity index (χ1) is 31.8. The maximum Gasteiger partial charge on any atom is 1.00 e. The van der Waals surface area contributed by atoms with Crippen LogP contribution in [0, 0.1) is 21.7 Å². The number of hydrogen-bond acceptors (Lipinski definition) is 6. The van der Waals surface area contributed by atoms with Gasteiger partial charge in [-0.3, -0.25) is 14.4 Å². The first-order valence-corrected chi connectivity index (χ1v) is 25.2. The number of benzene rings is 4. The van der Waals surface area contributed by atoms with Crippen molar-refractivity contribution in [3.63, 3.8) is 0 Å². The molecule has 0 aliphatic carbocycles. The van der Waals surface area contributed by atoms with Crippen LogP contribution in [0.15, 0.2) is 97.1 Å². The fourth-order valence-corrected chi connectivity index (χ4v) is 9.75. The second-order valence-electron chi connectivity index (χ2n) is 20.0. The Kier molecular flexibility index (Phi) is 31.3. The van der Waals surface area contributed by atoms with Gasteiger partial charge in [0, 0.05) is 73.4 Å². The molecule has 4 aromatic carbocycles. The van der Waals surface area contributed by atoms with Crippen LogP contribution in [0.5, 0.6) is 0 Å². The number of para-hydroxylation sites is 4. The van der Waals surface area contributed by atoms with Crippen molar-refractivity contribution >= 4 is 83.4 Å². The third-order valence-electron chi connectivity index (χ3n) is 13.1. The van der Waals surface area contributed by atoms with Crippen LogP contribution in [0.1, 0.15) is 162 Å². The van der Waals surface area contributed by atoms with Gasteiger partial charge in [0.15, 0.2) is 0 Å². The molecule has 2 atom stereocenters. The van der Waals surface area contributed by atoms with Gasteiger partial charge in [0.2, 0.25) is 0 Å². The Hall–Kier alpha value is -4.16. The molecule has 0 saturated heterocycles. The zero-order valence-corrected chi connectivity index (χ0v) is 45.8. The third-order valence-corrected chi connectivity index (χ3v) is 13.7. The van der Waals surface area contributed by atoms with Crippen molar-refractivity contribution < 1.29 is 68.8 Å². The minimum atomic E-state index is -1.20. The van der Waals surface area contributed by atoms with Crippen molar-refractivity contribution in [2.45, 2.75) is 175 Å². The van der Waals surface area contributed by atoms with Crippen molar-refractivity contribution in [2.24, 2.45) is 21.7 Å². The average molecular weight is 1070 g/mol. The number of rotatable bonds is 23. The summed E-state index contributed by atoms with van der Waals surface area (Å²) >= 11 is 3.50. The summed E-state index contributed by atoms with van der Waals surface area (Å²) in [5.74, 6) is -3.29. The molecular weight excluding hydrogens is 980 g/mol. The van der Waals surface area contributed by atoms with Gasteiger partial charge in [-0.05, 0) is 103 Å². The number of nitrogens with zero attached hydrogens (tertiary/aromatic N) is 2. The monoisotopic (exact) mass is 1070 g/mol. The van der Waals surface area contributed by atoms with Gasteiger partial charge >= 0.3 is 47.5 Å². The molecule has 0 saturated carbocycles. The molecule has 0 radical (unpaired) electrons. The van der Waals surface area contributed by atoms with E-state index in [-0.39, 0.29) is 78.1 Å². The zero-order valence-electron chi connectivity index (χ0n) is 42.2. The number of aromatic nitrogens is 2. The predicted molar refractivity (Wildman–Crippen MR) is 301 cm³/mol. The van der Waals surface area contributed by atoms with Gasteiger partial charge < -0.3 is 34.0 Å². The van der Waals surface area contributed by atoms with Gasteiger partial charge in [-0.15, -0.1) is 0 Å². The van der Waals surface area contributed by atoms with E-state index in [4.69, 9.17) is 4.74 Å². The number of ether oxygens (including phenoxy) is 1. The minimum Gasteiger partial charge on any atom is -0.550 e. The Morgan fingerprint density at radius 2 is 0.847 bits per heavy atom. The van der Waals surface area contributed by atoms with E-state index >= 15 is 0 Å². The van der Waals surface area contributed by atoms with Gasteiger partial charge in [-0.2, -0.15) is 0 Å². The first kappa shape index (κ1) is 69.9. The summed E-state index contributed by atoms with van der Waals surface area (Å²) in [4.78, 5) is 46.7. The van der Waals surface area contributed by atoms with E-state index in [1.807, 2.05) is 13.8 Å². The molecule has 72 heavy (non-hydrogen) atoms. The Balaban J connectivity index is 0. The maximum absolute atomic E-state index is 12.8. The van der Waals surface area contributed by atoms with Crippen LogP contribution in [-0.2, 0) is 37.0 Å². The smallest absolute Gasteiger partial charge is 0.550 e. The molecule has 0 fully saturated rings. The molecule has 12 heteroatoms. The molecular formula is C60H90BrN2NaO8. The summed E-state index contributed by atoms with van der Waals surface area (Å²) in [6.45, 7) is 16.3. The van der Waals surface area contributed by atoms with Gasteiger partial charge in [0.1, 0.15) is 0 Å². The number of aryl methyl sites for hydroxylation is 2. The van der Waals surface area contributed by atoms with E-state index in [0.717, 1.165) is 56.9 Å². The molecule has 0 spiro atoms. The number of carboxylic acids is 3. The number of hydrogen-bond donors (Lipinski definition) is 2. The van der Waals surface area contributed by atoms with Crippen LogP contribution in [0.4, 0.5) is 0 Å². The number of unbranched alkanes of at least 4 members (excludes halogenated alkanes) is 4.